The number of aromatic carboxylic acids is 1. The van der Waals surface area contributed by atoms with Crippen LogP contribution in [0, 0.1) is 5.92 Å². The van der Waals surface area contributed by atoms with E-state index in [-0.39, 0.29) is 5.69 Å². The predicted octanol–water partition coefficient (Wildman–Crippen LogP) is 1.02. The second-order valence-corrected chi connectivity index (χ2v) is 3.92. The zero-order chi connectivity index (χ0) is 10.8. The lowest BCUT2D eigenvalue weighted by molar-refractivity contribution is 0.0689. The van der Waals surface area contributed by atoms with Crippen LogP contribution in [0.3, 0.4) is 0 Å². The molecule has 1 unspecified atom stereocenters. The lowest BCUT2D eigenvalue weighted by atomic mass is 10.2. The molecule has 80 valence electrons. The molecular formula is C10H13N3O2. The Hall–Kier alpha value is -1.65. The largest absolute Gasteiger partial charge is 0.476 e. The maximum atomic E-state index is 10.6. The van der Waals surface area contributed by atoms with Gasteiger partial charge in [-0.15, -0.1) is 10.2 Å². The van der Waals surface area contributed by atoms with Gasteiger partial charge in [0.05, 0.1) is 0 Å². The van der Waals surface area contributed by atoms with E-state index < -0.39 is 5.97 Å². The Morgan fingerprint density at radius 3 is 2.80 bits per heavy atom. The van der Waals surface area contributed by atoms with Crippen LogP contribution >= 0.6 is 0 Å². The highest BCUT2D eigenvalue weighted by atomic mass is 16.4. The Morgan fingerprint density at radius 2 is 2.33 bits per heavy atom. The highest BCUT2D eigenvalue weighted by Gasteiger charge is 2.20. The van der Waals surface area contributed by atoms with Crippen LogP contribution in [0.1, 0.15) is 23.8 Å². The molecule has 1 aliphatic heterocycles. The Balaban J connectivity index is 2.13. The van der Waals surface area contributed by atoms with E-state index >= 15 is 0 Å². The molecule has 1 N–H and O–H groups in total. The van der Waals surface area contributed by atoms with E-state index in [2.05, 4.69) is 22.0 Å². The van der Waals surface area contributed by atoms with Crippen molar-refractivity contribution in [1.82, 2.24) is 10.2 Å². The Bertz CT molecular complexity index is 363. The Kier molecular flexibility index (Phi) is 2.53. The predicted molar refractivity (Wildman–Crippen MR) is 55.0 cm³/mol. The number of rotatable bonds is 2. The quantitative estimate of drug-likeness (QED) is 0.784. The topological polar surface area (TPSA) is 66.3 Å². The molecule has 5 heteroatoms. The van der Waals surface area contributed by atoms with Crippen molar-refractivity contribution in [2.75, 3.05) is 18.0 Å². The summed E-state index contributed by atoms with van der Waals surface area (Å²) in [4.78, 5) is 12.7. The molecule has 0 aromatic carbocycles. The summed E-state index contributed by atoms with van der Waals surface area (Å²) in [7, 11) is 0. The normalized spacial score (nSPS) is 20.6. The monoisotopic (exact) mass is 207 g/mol. The Morgan fingerprint density at radius 1 is 1.53 bits per heavy atom. The van der Waals surface area contributed by atoms with Crippen molar-refractivity contribution in [2.24, 2.45) is 5.92 Å². The minimum atomic E-state index is -1.04. The van der Waals surface area contributed by atoms with Crippen LogP contribution in [-0.4, -0.2) is 34.4 Å². The number of carboxylic acid groups (broad SMARTS) is 1. The maximum absolute atomic E-state index is 10.6. The SMILES string of the molecule is CC1CCN(c2ccc(C(=O)O)nn2)C1. The van der Waals surface area contributed by atoms with Crippen molar-refractivity contribution < 1.29 is 9.90 Å². The van der Waals surface area contributed by atoms with Crippen LogP contribution in [0.25, 0.3) is 0 Å². The first kappa shape index (κ1) is 9.89. The zero-order valence-corrected chi connectivity index (χ0v) is 8.55. The van der Waals surface area contributed by atoms with E-state index in [1.165, 1.54) is 6.07 Å². The van der Waals surface area contributed by atoms with E-state index in [9.17, 15) is 4.79 Å². The summed E-state index contributed by atoms with van der Waals surface area (Å²) in [5.41, 5.74) is -0.00834. The van der Waals surface area contributed by atoms with Gasteiger partial charge < -0.3 is 10.0 Å². The number of carboxylic acids is 1. The minimum absolute atomic E-state index is 0.00834. The molecule has 2 heterocycles. The van der Waals surface area contributed by atoms with Crippen molar-refractivity contribution in [3.8, 4) is 0 Å². The molecule has 1 aromatic heterocycles. The lowest BCUT2D eigenvalue weighted by Crippen LogP contribution is -2.21. The summed E-state index contributed by atoms with van der Waals surface area (Å²) in [6.07, 6.45) is 1.16. The number of hydrogen-bond donors (Lipinski definition) is 1. The van der Waals surface area contributed by atoms with E-state index in [4.69, 9.17) is 5.11 Å². The molecular weight excluding hydrogens is 194 g/mol. The van der Waals surface area contributed by atoms with Crippen LogP contribution in [-0.2, 0) is 0 Å². The first-order valence-electron chi connectivity index (χ1n) is 4.99. The van der Waals surface area contributed by atoms with Gasteiger partial charge >= 0.3 is 5.97 Å². The van der Waals surface area contributed by atoms with Crippen LogP contribution in [0.15, 0.2) is 12.1 Å². The first-order chi connectivity index (χ1) is 7.16. The summed E-state index contributed by atoms with van der Waals surface area (Å²) in [6.45, 7) is 4.14. The Labute approximate surface area is 87.7 Å². The van der Waals surface area contributed by atoms with E-state index in [0.717, 1.165) is 25.3 Å². The van der Waals surface area contributed by atoms with Gasteiger partial charge in [0, 0.05) is 13.1 Å². The minimum Gasteiger partial charge on any atom is -0.476 e. The first-order valence-corrected chi connectivity index (χ1v) is 4.99. The van der Waals surface area contributed by atoms with Crippen molar-refractivity contribution in [2.45, 2.75) is 13.3 Å². The van der Waals surface area contributed by atoms with Crippen molar-refractivity contribution in [1.29, 1.82) is 0 Å². The standard InChI is InChI=1S/C10H13N3O2/c1-7-4-5-13(6-7)9-3-2-8(10(14)15)11-12-9/h2-3,7H,4-6H2,1H3,(H,14,15). The summed E-state index contributed by atoms with van der Waals surface area (Å²) in [5.74, 6) is 0.402. The van der Waals surface area contributed by atoms with Crippen LogP contribution in [0.4, 0.5) is 5.82 Å². The summed E-state index contributed by atoms with van der Waals surface area (Å²) >= 11 is 0. The molecule has 1 saturated heterocycles. The fourth-order valence-corrected chi connectivity index (χ4v) is 1.75. The molecule has 2 rings (SSSR count). The smallest absolute Gasteiger partial charge is 0.356 e. The molecule has 0 spiro atoms. The lowest BCUT2D eigenvalue weighted by Gasteiger charge is -2.15. The van der Waals surface area contributed by atoms with Crippen molar-refractivity contribution in [3.05, 3.63) is 17.8 Å². The number of hydrogen-bond acceptors (Lipinski definition) is 4. The third-order valence-corrected chi connectivity index (χ3v) is 2.62. The third-order valence-electron chi connectivity index (χ3n) is 2.62. The molecule has 1 aliphatic rings. The highest BCUT2D eigenvalue weighted by Crippen LogP contribution is 2.20. The fourth-order valence-electron chi connectivity index (χ4n) is 1.75. The van der Waals surface area contributed by atoms with E-state index in [1.54, 1.807) is 6.07 Å². The number of nitrogens with zero attached hydrogens (tertiary/aromatic N) is 3. The molecule has 0 aliphatic carbocycles. The molecule has 0 bridgehead atoms. The molecule has 0 amide bonds. The van der Waals surface area contributed by atoms with E-state index in [0.29, 0.717) is 5.92 Å². The van der Waals surface area contributed by atoms with Gasteiger partial charge in [0.15, 0.2) is 11.5 Å². The van der Waals surface area contributed by atoms with E-state index in [1.807, 2.05) is 0 Å². The molecule has 1 atom stereocenters. The number of anilines is 1. The van der Waals surface area contributed by atoms with Gasteiger partial charge in [0.25, 0.3) is 0 Å². The summed E-state index contributed by atoms with van der Waals surface area (Å²) < 4.78 is 0. The van der Waals surface area contributed by atoms with Crippen LogP contribution in [0.2, 0.25) is 0 Å². The summed E-state index contributed by atoms with van der Waals surface area (Å²) in [6, 6.07) is 3.21. The second kappa shape index (κ2) is 3.84. The summed E-state index contributed by atoms with van der Waals surface area (Å²) in [5, 5.41) is 16.2. The van der Waals surface area contributed by atoms with Crippen molar-refractivity contribution in [3.63, 3.8) is 0 Å². The molecule has 15 heavy (non-hydrogen) atoms. The average molecular weight is 207 g/mol. The zero-order valence-electron chi connectivity index (χ0n) is 8.55. The third kappa shape index (κ3) is 2.06. The van der Waals surface area contributed by atoms with Gasteiger partial charge in [-0.05, 0) is 24.5 Å². The second-order valence-electron chi connectivity index (χ2n) is 3.92. The molecule has 0 radical (unpaired) electrons. The van der Waals surface area contributed by atoms with Gasteiger partial charge in [-0.25, -0.2) is 4.79 Å². The fraction of sp³-hybridized carbons (Fsp3) is 0.500. The van der Waals surface area contributed by atoms with Gasteiger partial charge in [-0.1, -0.05) is 6.92 Å². The maximum Gasteiger partial charge on any atom is 0.356 e. The average Bonchev–Trinajstić information content (AvgIpc) is 2.65. The van der Waals surface area contributed by atoms with Crippen molar-refractivity contribution >= 4 is 11.8 Å². The van der Waals surface area contributed by atoms with Crippen LogP contribution < -0.4 is 4.90 Å². The molecule has 1 fully saturated rings. The molecule has 0 saturated carbocycles. The van der Waals surface area contributed by atoms with Gasteiger partial charge in [-0.2, -0.15) is 0 Å². The molecule has 5 nitrogen and oxygen atoms in total. The van der Waals surface area contributed by atoms with Crippen LogP contribution in [0.5, 0.6) is 0 Å². The van der Waals surface area contributed by atoms with Gasteiger partial charge in [0.2, 0.25) is 0 Å². The van der Waals surface area contributed by atoms with Gasteiger partial charge in [0.1, 0.15) is 0 Å². The number of aromatic nitrogens is 2. The highest BCUT2D eigenvalue weighted by molar-refractivity contribution is 5.85. The number of carbonyl (C=O) groups is 1. The molecule has 1 aromatic rings. The van der Waals surface area contributed by atoms with Gasteiger partial charge in [-0.3, -0.25) is 0 Å².